The van der Waals surface area contributed by atoms with E-state index in [4.69, 9.17) is 4.74 Å². The van der Waals surface area contributed by atoms with Crippen molar-refractivity contribution in [3.05, 3.63) is 0 Å². The number of hydrogen-bond acceptors (Lipinski definition) is 4. The fraction of sp³-hybridized carbons (Fsp3) is 0.867. The molecule has 2 atom stereocenters. The van der Waals surface area contributed by atoms with Crippen LogP contribution in [0.15, 0.2) is 0 Å². The summed E-state index contributed by atoms with van der Waals surface area (Å²) >= 11 is 0. The average Bonchev–Trinajstić information content (AvgIpc) is 2.97. The zero-order valence-electron chi connectivity index (χ0n) is 13.2. The van der Waals surface area contributed by atoms with Gasteiger partial charge in [0.15, 0.2) is 0 Å². The van der Waals surface area contributed by atoms with E-state index in [1.54, 1.807) is 4.90 Å². The number of ether oxygens (including phenoxy) is 1. The maximum Gasteiger partial charge on any atom is 0.410 e. The normalized spacial score (nSPS) is 25.1. The van der Waals surface area contributed by atoms with Crippen molar-refractivity contribution in [1.29, 1.82) is 0 Å². The standard InChI is InChI=1S/C15H26N2O4/c1-15(2,3)21-14(20)17-9-6-11(10-17)12(13(18)19)16-7-4-5-8-16/h11-12H,4-10H2,1-3H3,(H,18,19). The molecule has 0 radical (unpaired) electrons. The first kappa shape index (κ1) is 16.1. The lowest BCUT2D eigenvalue weighted by atomic mass is 9.98. The summed E-state index contributed by atoms with van der Waals surface area (Å²) in [4.78, 5) is 27.4. The molecule has 0 aromatic rings. The number of carboxylic acid groups (broad SMARTS) is 1. The van der Waals surface area contributed by atoms with Crippen molar-refractivity contribution in [2.75, 3.05) is 26.2 Å². The molecule has 2 saturated heterocycles. The molecule has 0 saturated carbocycles. The maximum atomic E-state index is 12.1. The Labute approximate surface area is 126 Å². The Hall–Kier alpha value is -1.30. The van der Waals surface area contributed by atoms with Crippen molar-refractivity contribution in [3.8, 4) is 0 Å². The molecule has 2 fully saturated rings. The van der Waals surface area contributed by atoms with E-state index >= 15 is 0 Å². The molecule has 120 valence electrons. The van der Waals surface area contributed by atoms with Crippen LogP contribution in [0, 0.1) is 5.92 Å². The number of nitrogens with zero attached hydrogens (tertiary/aromatic N) is 2. The van der Waals surface area contributed by atoms with Gasteiger partial charge >= 0.3 is 12.1 Å². The summed E-state index contributed by atoms with van der Waals surface area (Å²) in [5.74, 6) is -0.777. The molecule has 1 N–H and O–H groups in total. The Balaban J connectivity index is 1.96. The predicted octanol–water partition coefficient (Wildman–Crippen LogP) is 1.79. The van der Waals surface area contributed by atoms with Crippen LogP contribution in [-0.4, -0.2) is 64.8 Å². The number of carbonyl (C=O) groups is 2. The van der Waals surface area contributed by atoms with E-state index in [2.05, 4.69) is 0 Å². The molecule has 2 rings (SSSR count). The Morgan fingerprint density at radius 1 is 1.19 bits per heavy atom. The summed E-state index contributed by atoms with van der Waals surface area (Å²) in [7, 11) is 0. The largest absolute Gasteiger partial charge is 0.480 e. The number of likely N-dealkylation sites (tertiary alicyclic amines) is 2. The molecule has 0 aromatic heterocycles. The van der Waals surface area contributed by atoms with Crippen LogP contribution in [0.3, 0.4) is 0 Å². The highest BCUT2D eigenvalue weighted by Gasteiger charge is 2.40. The highest BCUT2D eigenvalue weighted by Crippen LogP contribution is 2.27. The molecule has 2 aliphatic rings. The van der Waals surface area contributed by atoms with Crippen molar-refractivity contribution in [2.24, 2.45) is 5.92 Å². The minimum Gasteiger partial charge on any atom is -0.480 e. The Bertz CT molecular complexity index is 399. The highest BCUT2D eigenvalue weighted by atomic mass is 16.6. The topological polar surface area (TPSA) is 70.1 Å². The van der Waals surface area contributed by atoms with Gasteiger partial charge in [0, 0.05) is 19.0 Å². The Morgan fingerprint density at radius 3 is 2.33 bits per heavy atom. The van der Waals surface area contributed by atoms with Gasteiger partial charge in [0.1, 0.15) is 11.6 Å². The average molecular weight is 298 g/mol. The second-order valence-corrected chi connectivity index (χ2v) is 7.00. The van der Waals surface area contributed by atoms with Gasteiger partial charge in [0.25, 0.3) is 0 Å². The number of aliphatic carboxylic acids is 1. The van der Waals surface area contributed by atoms with Crippen molar-refractivity contribution < 1.29 is 19.4 Å². The maximum absolute atomic E-state index is 12.1. The molecule has 0 bridgehead atoms. The van der Waals surface area contributed by atoms with E-state index in [1.165, 1.54) is 0 Å². The molecule has 6 nitrogen and oxygen atoms in total. The summed E-state index contributed by atoms with van der Waals surface area (Å²) in [5.41, 5.74) is -0.518. The molecule has 2 aliphatic heterocycles. The van der Waals surface area contributed by atoms with Gasteiger partial charge in [-0.05, 0) is 53.1 Å². The minimum absolute atomic E-state index is 0.00637. The van der Waals surface area contributed by atoms with E-state index in [0.29, 0.717) is 13.1 Å². The van der Waals surface area contributed by atoms with Crippen LogP contribution >= 0.6 is 0 Å². The molecule has 1 amide bonds. The highest BCUT2D eigenvalue weighted by molar-refractivity contribution is 5.74. The number of carbonyl (C=O) groups excluding carboxylic acids is 1. The summed E-state index contributed by atoms with van der Waals surface area (Å²) < 4.78 is 5.36. The first-order valence-electron chi connectivity index (χ1n) is 7.73. The van der Waals surface area contributed by atoms with Crippen LogP contribution in [0.5, 0.6) is 0 Å². The molecule has 0 spiro atoms. The predicted molar refractivity (Wildman–Crippen MR) is 78.1 cm³/mol. The first-order valence-corrected chi connectivity index (χ1v) is 7.73. The van der Waals surface area contributed by atoms with E-state index in [9.17, 15) is 14.7 Å². The Morgan fingerprint density at radius 2 is 1.81 bits per heavy atom. The Kier molecular flexibility index (Phi) is 4.76. The molecule has 2 heterocycles. The monoisotopic (exact) mass is 298 g/mol. The molecule has 0 aliphatic carbocycles. The van der Waals surface area contributed by atoms with Gasteiger partial charge in [-0.3, -0.25) is 9.69 Å². The van der Waals surface area contributed by atoms with Gasteiger partial charge in [0.2, 0.25) is 0 Å². The fourth-order valence-electron chi connectivity index (χ4n) is 3.21. The molecule has 6 heteroatoms. The smallest absolute Gasteiger partial charge is 0.410 e. The van der Waals surface area contributed by atoms with Gasteiger partial charge in [0.05, 0.1) is 0 Å². The number of rotatable bonds is 3. The zero-order valence-corrected chi connectivity index (χ0v) is 13.2. The second-order valence-electron chi connectivity index (χ2n) is 7.00. The summed E-state index contributed by atoms with van der Waals surface area (Å²) in [6.45, 7) is 8.26. The van der Waals surface area contributed by atoms with E-state index in [-0.39, 0.29) is 12.0 Å². The fourth-order valence-corrected chi connectivity index (χ4v) is 3.21. The van der Waals surface area contributed by atoms with Crippen LogP contribution < -0.4 is 0 Å². The van der Waals surface area contributed by atoms with Crippen molar-refractivity contribution in [3.63, 3.8) is 0 Å². The lowest BCUT2D eigenvalue weighted by Crippen LogP contribution is -2.46. The van der Waals surface area contributed by atoms with Gasteiger partial charge in [-0.1, -0.05) is 0 Å². The third kappa shape index (κ3) is 4.09. The lowest BCUT2D eigenvalue weighted by molar-refractivity contribution is -0.145. The second kappa shape index (κ2) is 6.22. The van der Waals surface area contributed by atoms with Crippen molar-refractivity contribution in [1.82, 2.24) is 9.80 Å². The minimum atomic E-state index is -0.770. The quantitative estimate of drug-likeness (QED) is 0.860. The molecule has 2 unspecified atom stereocenters. The number of amides is 1. The van der Waals surface area contributed by atoms with Gasteiger partial charge in [-0.15, -0.1) is 0 Å². The summed E-state index contributed by atoms with van der Waals surface area (Å²) in [6.07, 6.45) is 2.52. The third-order valence-corrected chi connectivity index (χ3v) is 4.11. The lowest BCUT2D eigenvalue weighted by Gasteiger charge is -2.29. The molecular weight excluding hydrogens is 272 g/mol. The summed E-state index contributed by atoms with van der Waals surface area (Å²) in [6, 6.07) is -0.472. The summed E-state index contributed by atoms with van der Waals surface area (Å²) in [5, 5.41) is 9.53. The molecule has 0 aromatic carbocycles. The van der Waals surface area contributed by atoms with Crippen LogP contribution in [-0.2, 0) is 9.53 Å². The van der Waals surface area contributed by atoms with Crippen molar-refractivity contribution >= 4 is 12.1 Å². The van der Waals surface area contributed by atoms with Gasteiger partial charge < -0.3 is 14.7 Å². The van der Waals surface area contributed by atoms with Crippen LogP contribution in [0.25, 0.3) is 0 Å². The van der Waals surface area contributed by atoms with Crippen LogP contribution in [0.1, 0.15) is 40.0 Å². The third-order valence-electron chi connectivity index (χ3n) is 4.11. The number of hydrogen-bond donors (Lipinski definition) is 1. The first-order chi connectivity index (χ1) is 9.78. The zero-order chi connectivity index (χ0) is 15.6. The van der Waals surface area contributed by atoms with Gasteiger partial charge in [-0.2, -0.15) is 0 Å². The SMILES string of the molecule is CC(C)(C)OC(=O)N1CCC(C(C(=O)O)N2CCCC2)C1. The molecule has 21 heavy (non-hydrogen) atoms. The van der Waals surface area contributed by atoms with E-state index in [0.717, 1.165) is 32.4 Å². The molecular formula is C15H26N2O4. The van der Waals surface area contributed by atoms with Crippen LogP contribution in [0.2, 0.25) is 0 Å². The van der Waals surface area contributed by atoms with Gasteiger partial charge in [-0.25, -0.2) is 4.79 Å². The number of carboxylic acids is 1. The van der Waals surface area contributed by atoms with E-state index < -0.39 is 17.6 Å². The van der Waals surface area contributed by atoms with E-state index in [1.807, 2.05) is 25.7 Å². The van der Waals surface area contributed by atoms with Crippen LogP contribution in [0.4, 0.5) is 4.79 Å². The van der Waals surface area contributed by atoms with Crippen molar-refractivity contribution in [2.45, 2.75) is 51.7 Å².